The van der Waals surface area contributed by atoms with Gasteiger partial charge in [-0.05, 0) is 25.7 Å². The smallest absolute Gasteiger partial charge is 0.244 e. The number of fused-ring (bicyclic) bond motifs is 1. The fraction of sp³-hybridized carbons (Fsp3) is 0.688. The fourth-order valence-corrected chi connectivity index (χ4v) is 4.94. The van der Waals surface area contributed by atoms with Gasteiger partial charge in [0.1, 0.15) is 6.04 Å². The number of amides is 3. The number of rotatable bonds is 4. The summed E-state index contributed by atoms with van der Waals surface area (Å²) in [7, 11) is 0. The van der Waals surface area contributed by atoms with E-state index in [-0.39, 0.29) is 29.0 Å². The molecule has 0 aromatic rings. The molecule has 8 heteroatoms. The van der Waals surface area contributed by atoms with Gasteiger partial charge >= 0.3 is 0 Å². The van der Waals surface area contributed by atoms with Gasteiger partial charge in [-0.15, -0.1) is 18.2 Å². The van der Waals surface area contributed by atoms with Crippen molar-refractivity contribution in [3.05, 3.63) is 0 Å². The van der Waals surface area contributed by atoms with Crippen LogP contribution >= 0.6 is 11.8 Å². The van der Waals surface area contributed by atoms with Gasteiger partial charge in [-0.3, -0.25) is 14.4 Å². The summed E-state index contributed by atoms with van der Waals surface area (Å²) in [5, 5.41) is 5.61. The number of terminal acetylenes is 1. The molecule has 130 valence electrons. The zero-order valence-corrected chi connectivity index (χ0v) is 14.2. The van der Waals surface area contributed by atoms with Gasteiger partial charge in [0.25, 0.3) is 0 Å². The van der Waals surface area contributed by atoms with Crippen LogP contribution < -0.4 is 16.4 Å². The van der Waals surface area contributed by atoms with Crippen molar-refractivity contribution < 1.29 is 14.4 Å². The molecule has 4 N–H and O–H groups in total. The first-order valence-electron chi connectivity index (χ1n) is 8.25. The van der Waals surface area contributed by atoms with Crippen LogP contribution in [0, 0.1) is 18.3 Å². The largest absolute Gasteiger partial charge is 0.356 e. The predicted octanol–water partition coefficient (Wildman–Crippen LogP) is -0.978. The Balaban J connectivity index is 1.62. The fourth-order valence-electron chi connectivity index (χ4n) is 3.51. The molecule has 3 amide bonds. The molecular formula is C16H22N4O3S. The summed E-state index contributed by atoms with van der Waals surface area (Å²) < 4.78 is 0. The zero-order chi connectivity index (χ0) is 17.3. The molecule has 0 aliphatic carbocycles. The van der Waals surface area contributed by atoms with Gasteiger partial charge in [-0.2, -0.15) is 0 Å². The maximum atomic E-state index is 12.6. The van der Waals surface area contributed by atoms with Gasteiger partial charge in [0, 0.05) is 18.2 Å². The highest BCUT2D eigenvalue weighted by Gasteiger charge is 2.46. The van der Waals surface area contributed by atoms with Crippen LogP contribution in [0.1, 0.15) is 25.7 Å². The van der Waals surface area contributed by atoms with Crippen molar-refractivity contribution in [1.29, 1.82) is 0 Å². The average molecular weight is 350 g/mol. The first kappa shape index (κ1) is 17.1. The first-order chi connectivity index (χ1) is 11.5. The van der Waals surface area contributed by atoms with Gasteiger partial charge in [0.05, 0.1) is 17.5 Å². The zero-order valence-electron chi connectivity index (χ0n) is 13.4. The predicted molar refractivity (Wildman–Crippen MR) is 90.6 cm³/mol. The molecule has 7 nitrogen and oxygen atoms in total. The second-order valence-corrected chi connectivity index (χ2v) is 7.68. The van der Waals surface area contributed by atoms with E-state index in [0.717, 1.165) is 12.8 Å². The Morgan fingerprint density at radius 1 is 1.46 bits per heavy atom. The monoisotopic (exact) mass is 350 g/mol. The van der Waals surface area contributed by atoms with E-state index >= 15 is 0 Å². The second-order valence-electron chi connectivity index (χ2n) is 6.47. The van der Waals surface area contributed by atoms with E-state index in [9.17, 15) is 14.4 Å². The minimum Gasteiger partial charge on any atom is -0.356 e. The number of carbonyl (C=O) groups excluding carboxylic acids is 3. The molecule has 0 spiro atoms. The summed E-state index contributed by atoms with van der Waals surface area (Å²) in [6, 6.07) is -1.57. The lowest BCUT2D eigenvalue weighted by Gasteiger charge is -2.35. The van der Waals surface area contributed by atoms with Crippen molar-refractivity contribution in [3.8, 4) is 12.3 Å². The highest BCUT2D eigenvalue weighted by atomic mass is 32.2. The van der Waals surface area contributed by atoms with Crippen molar-refractivity contribution in [2.45, 2.75) is 49.2 Å². The Morgan fingerprint density at radius 3 is 2.92 bits per heavy atom. The van der Waals surface area contributed by atoms with Crippen LogP contribution in [0.4, 0.5) is 0 Å². The van der Waals surface area contributed by atoms with E-state index in [1.165, 1.54) is 0 Å². The molecule has 0 unspecified atom stereocenters. The molecular weight excluding hydrogens is 328 g/mol. The van der Waals surface area contributed by atoms with Crippen LogP contribution in [0.3, 0.4) is 0 Å². The number of nitrogens with zero attached hydrogens (tertiary/aromatic N) is 1. The first-order valence-corrected chi connectivity index (χ1v) is 9.29. The van der Waals surface area contributed by atoms with Gasteiger partial charge < -0.3 is 21.3 Å². The lowest BCUT2D eigenvalue weighted by Crippen LogP contribution is -2.58. The SMILES string of the molecule is C#C[C@H](C[C@@H]1CCNC1=O)NC(=O)[C@@H]1CS[C@H]2CC[C@H](N)C(=O)N21. The van der Waals surface area contributed by atoms with Gasteiger partial charge in [0.2, 0.25) is 17.7 Å². The van der Waals surface area contributed by atoms with Crippen LogP contribution in [0.2, 0.25) is 0 Å². The van der Waals surface area contributed by atoms with Crippen molar-refractivity contribution in [2.24, 2.45) is 11.7 Å². The Morgan fingerprint density at radius 2 is 2.25 bits per heavy atom. The lowest BCUT2D eigenvalue weighted by atomic mass is 9.98. The van der Waals surface area contributed by atoms with E-state index in [2.05, 4.69) is 16.6 Å². The topological polar surface area (TPSA) is 105 Å². The van der Waals surface area contributed by atoms with E-state index < -0.39 is 18.1 Å². The number of nitrogens with one attached hydrogen (secondary N) is 2. The number of hydrogen-bond acceptors (Lipinski definition) is 5. The molecule has 24 heavy (non-hydrogen) atoms. The Kier molecular flexibility index (Phi) is 5.01. The Labute approximate surface area is 145 Å². The molecule has 3 rings (SSSR count). The van der Waals surface area contributed by atoms with Crippen LogP contribution in [0.25, 0.3) is 0 Å². The van der Waals surface area contributed by atoms with E-state index in [1.54, 1.807) is 16.7 Å². The molecule has 0 aromatic heterocycles. The molecule has 0 bridgehead atoms. The van der Waals surface area contributed by atoms with Crippen LogP contribution in [-0.2, 0) is 14.4 Å². The minimum absolute atomic E-state index is 0.0156. The molecule has 0 aromatic carbocycles. The van der Waals surface area contributed by atoms with Gasteiger partial charge in [0.15, 0.2) is 0 Å². The lowest BCUT2D eigenvalue weighted by molar-refractivity contribution is -0.143. The molecule has 0 saturated carbocycles. The van der Waals surface area contributed by atoms with Crippen LogP contribution in [-0.4, -0.2) is 58.4 Å². The minimum atomic E-state index is -0.535. The summed E-state index contributed by atoms with van der Waals surface area (Å²) in [6.45, 7) is 0.649. The number of thioether (sulfide) groups is 1. The van der Waals surface area contributed by atoms with E-state index in [4.69, 9.17) is 12.2 Å². The van der Waals surface area contributed by atoms with Crippen molar-refractivity contribution in [2.75, 3.05) is 12.3 Å². The highest BCUT2D eigenvalue weighted by molar-refractivity contribution is 8.00. The van der Waals surface area contributed by atoms with Gasteiger partial charge in [-0.1, -0.05) is 5.92 Å². The van der Waals surface area contributed by atoms with E-state index in [1.807, 2.05) is 0 Å². The maximum Gasteiger partial charge on any atom is 0.244 e. The number of piperidine rings is 1. The third-order valence-corrected chi connectivity index (χ3v) is 6.25. The van der Waals surface area contributed by atoms with Crippen LogP contribution in [0.5, 0.6) is 0 Å². The van der Waals surface area contributed by atoms with Crippen molar-refractivity contribution >= 4 is 29.5 Å². The van der Waals surface area contributed by atoms with E-state index in [0.29, 0.717) is 25.1 Å². The summed E-state index contributed by atoms with van der Waals surface area (Å²) in [4.78, 5) is 38.2. The normalized spacial score (nSPS) is 33.6. The Hall–Kier alpha value is -1.72. The molecule has 3 heterocycles. The van der Waals surface area contributed by atoms with Crippen molar-refractivity contribution in [1.82, 2.24) is 15.5 Å². The molecule has 3 saturated heterocycles. The quantitative estimate of drug-likeness (QED) is 0.566. The standard InChI is InChI=1S/C16H22N4O3S/c1-2-10(7-9-5-6-18-14(9)21)19-15(22)12-8-24-13-4-3-11(17)16(23)20(12)13/h1,9-13H,3-8,17H2,(H,18,21)(H,19,22)/t9-,10+,11-,12-,13-/m0/s1. The summed E-state index contributed by atoms with van der Waals surface area (Å²) in [6.07, 6.45) is 8.14. The summed E-state index contributed by atoms with van der Waals surface area (Å²) in [5.41, 5.74) is 5.84. The number of nitrogens with two attached hydrogens (primary N) is 1. The van der Waals surface area contributed by atoms with Crippen molar-refractivity contribution in [3.63, 3.8) is 0 Å². The molecule has 3 aliphatic heterocycles. The number of hydrogen-bond donors (Lipinski definition) is 3. The van der Waals surface area contributed by atoms with Gasteiger partial charge in [-0.25, -0.2) is 0 Å². The molecule has 3 fully saturated rings. The third-order valence-electron chi connectivity index (χ3n) is 4.89. The molecule has 3 aliphatic rings. The molecule has 5 atom stereocenters. The number of carbonyl (C=O) groups is 3. The molecule has 0 radical (unpaired) electrons. The summed E-state index contributed by atoms with van der Waals surface area (Å²) >= 11 is 1.61. The second kappa shape index (κ2) is 7.03. The van der Waals surface area contributed by atoms with Crippen LogP contribution in [0.15, 0.2) is 0 Å². The summed E-state index contributed by atoms with van der Waals surface area (Å²) in [5.74, 6) is 2.50. The average Bonchev–Trinajstić information content (AvgIpc) is 3.17. The Bertz CT molecular complexity index is 590. The highest BCUT2D eigenvalue weighted by Crippen LogP contribution is 2.36. The third kappa shape index (κ3) is 3.23. The maximum absolute atomic E-state index is 12.6.